The Kier molecular flexibility index (Phi) is 7.74. The van der Waals surface area contributed by atoms with Gasteiger partial charge in [0.25, 0.3) is 5.91 Å². The predicted octanol–water partition coefficient (Wildman–Crippen LogP) is 6.01. The second kappa shape index (κ2) is 11.1. The molecular weight excluding hydrogens is 480 g/mol. The quantitative estimate of drug-likeness (QED) is 0.166. The van der Waals surface area contributed by atoms with E-state index in [1.807, 2.05) is 42.6 Å². The average molecular weight is 505 g/mol. The van der Waals surface area contributed by atoms with E-state index in [-0.39, 0.29) is 12.4 Å². The van der Waals surface area contributed by atoms with Gasteiger partial charge in [0.05, 0.1) is 11.5 Å². The highest BCUT2D eigenvalue weighted by Gasteiger charge is 2.28. The summed E-state index contributed by atoms with van der Waals surface area (Å²) in [6.07, 6.45) is -1.08. The Morgan fingerprint density at radius 2 is 1.69 bits per heavy atom. The third kappa shape index (κ3) is 5.67. The lowest BCUT2D eigenvalue weighted by Crippen LogP contribution is -2.46. The first-order chi connectivity index (χ1) is 17.0. The molecule has 0 radical (unpaired) electrons. The Bertz CT molecular complexity index is 1310. The van der Waals surface area contributed by atoms with Crippen LogP contribution in [-0.4, -0.2) is 30.4 Å². The Morgan fingerprint density at radius 1 is 0.943 bits per heavy atom. The molecule has 0 spiro atoms. The van der Waals surface area contributed by atoms with E-state index in [2.05, 4.69) is 10.6 Å². The molecule has 4 aromatic rings. The van der Waals surface area contributed by atoms with Gasteiger partial charge < -0.3 is 15.4 Å². The number of amides is 1. The highest BCUT2D eigenvalue weighted by atomic mass is 32.1. The molecule has 8 heteroatoms. The Morgan fingerprint density at radius 3 is 2.34 bits per heavy atom. The summed E-state index contributed by atoms with van der Waals surface area (Å²) in [5.41, 5.74) is 3.42. The van der Waals surface area contributed by atoms with Gasteiger partial charge in [-0.2, -0.15) is 0 Å². The van der Waals surface area contributed by atoms with E-state index in [0.717, 1.165) is 11.1 Å². The summed E-state index contributed by atoms with van der Waals surface area (Å²) in [4.78, 5) is 39.7. The minimum atomic E-state index is -1.08. The van der Waals surface area contributed by atoms with E-state index in [1.165, 1.54) is 22.7 Å². The number of thiophene rings is 2. The largest absolute Gasteiger partial charge is 0.462 e. The molecule has 0 fully saturated rings. The SMILES string of the molecule is CCOC(=O)c1c(-c2ccc(C)cc2)csc1NC(NC(=O)c1ccccc1)C(=O)c1cccs1. The highest BCUT2D eigenvalue weighted by molar-refractivity contribution is 7.15. The minimum absolute atomic E-state index is 0.212. The van der Waals surface area contributed by atoms with Gasteiger partial charge in [0.1, 0.15) is 10.6 Å². The first-order valence-electron chi connectivity index (χ1n) is 11.0. The molecule has 0 saturated heterocycles. The number of ketones is 1. The molecule has 0 saturated carbocycles. The number of hydrogen-bond donors (Lipinski definition) is 2. The molecule has 2 aromatic heterocycles. The van der Waals surface area contributed by atoms with Crippen molar-refractivity contribution in [1.29, 1.82) is 0 Å². The number of ether oxygens (including phenoxy) is 1. The van der Waals surface area contributed by atoms with Crippen molar-refractivity contribution in [3.8, 4) is 11.1 Å². The maximum atomic E-state index is 13.3. The summed E-state index contributed by atoms with van der Waals surface area (Å²) < 4.78 is 5.34. The number of carbonyl (C=O) groups excluding carboxylic acids is 3. The summed E-state index contributed by atoms with van der Waals surface area (Å²) in [7, 11) is 0. The number of hydrogen-bond acceptors (Lipinski definition) is 7. The fourth-order valence-electron chi connectivity index (χ4n) is 3.48. The number of anilines is 1. The zero-order chi connectivity index (χ0) is 24.8. The van der Waals surface area contributed by atoms with E-state index in [4.69, 9.17) is 4.74 Å². The second-order valence-corrected chi connectivity index (χ2v) is 9.53. The fraction of sp³-hybridized carbons (Fsp3) is 0.148. The van der Waals surface area contributed by atoms with Gasteiger partial charge in [-0.1, -0.05) is 54.1 Å². The number of rotatable bonds is 9. The van der Waals surface area contributed by atoms with Crippen molar-refractivity contribution >= 4 is 45.3 Å². The molecule has 2 heterocycles. The summed E-state index contributed by atoms with van der Waals surface area (Å²) in [6, 6.07) is 20.0. The number of Topliss-reactive ketones (excluding diaryl/α,β-unsaturated/α-hetero) is 1. The molecule has 2 aromatic carbocycles. The zero-order valence-electron chi connectivity index (χ0n) is 19.2. The molecule has 0 aliphatic heterocycles. The van der Waals surface area contributed by atoms with Gasteiger partial charge in [-0.25, -0.2) is 4.79 Å². The first kappa shape index (κ1) is 24.4. The number of aryl methyl sites for hydroxylation is 1. The maximum absolute atomic E-state index is 13.3. The maximum Gasteiger partial charge on any atom is 0.341 e. The van der Waals surface area contributed by atoms with Crippen molar-refractivity contribution in [3.63, 3.8) is 0 Å². The molecule has 1 atom stereocenters. The summed E-state index contributed by atoms with van der Waals surface area (Å²) >= 11 is 2.57. The number of carbonyl (C=O) groups is 3. The van der Waals surface area contributed by atoms with Crippen molar-refractivity contribution < 1.29 is 19.1 Å². The van der Waals surface area contributed by atoms with Gasteiger partial charge in [-0.15, -0.1) is 22.7 Å². The van der Waals surface area contributed by atoms with Crippen LogP contribution in [0.4, 0.5) is 5.00 Å². The van der Waals surface area contributed by atoms with Crippen LogP contribution in [0.15, 0.2) is 77.5 Å². The normalized spacial score (nSPS) is 11.5. The molecule has 178 valence electrons. The monoisotopic (exact) mass is 504 g/mol. The summed E-state index contributed by atoms with van der Waals surface area (Å²) in [6.45, 7) is 3.95. The minimum Gasteiger partial charge on any atom is -0.462 e. The average Bonchev–Trinajstić information content (AvgIpc) is 3.55. The third-order valence-corrected chi connectivity index (χ3v) is 7.04. The number of esters is 1. The van der Waals surface area contributed by atoms with Crippen LogP contribution in [0.2, 0.25) is 0 Å². The van der Waals surface area contributed by atoms with Crippen molar-refractivity contribution in [2.45, 2.75) is 20.0 Å². The standard InChI is InChI=1S/C27H24N2O4S2/c1-3-33-27(32)22-20(18-13-11-17(2)12-14-18)16-35-26(22)29-24(23(30)21-10-7-15-34-21)28-25(31)19-8-5-4-6-9-19/h4-16,24,29H,3H2,1-2H3,(H,28,31). The molecule has 4 rings (SSSR count). The Labute approximate surface area is 211 Å². The van der Waals surface area contributed by atoms with E-state index in [0.29, 0.717) is 26.6 Å². The lowest BCUT2D eigenvalue weighted by atomic mass is 10.0. The zero-order valence-corrected chi connectivity index (χ0v) is 20.9. The van der Waals surface area contributed by atoms with Crippen molar-refractivity contribution in [2.24, 2.45) is 0 Å². The molecule has 0 aliphatic rings. The fourth-order valence-corrected chi connectivity index (χ4v) is 5.16. The van der Waals surface area contributed by atoms with E-state index < -0.39 is 18.0 Å². The van der Waals surface area contributed by atoms with Crippen LogP contribution in [0.1, 0.15) is 42.9 Å². The van der Waals surface area contributed by atoms with E-state index in [9.17, 15) is 14.4 Å². The Hall–Kier alpha value is -3.75. The van der Waals surface area contributed by atoms with Crippen LogP contribution < -0.4 is 10.6 Å². The van der Waals surface area contributed by atoms with Crippen LogP contribution >= 0.6 is 22.7 Å². The topological polar surface area (TPSA) is 84.5 Å². The second-order valence-electron chi connectivity index (χ2n) is 7.70. The molecule has 0 aliphatic carbocycles. The van der Waals surface area contributed by atoms with Crippen molar-refractivity contribution in [3.05, 3.63) is 99.1 Å². The number of benzene rings is 2. The highest BCUT2D eigenvalue weighted by Crippen LogP contribution is 2.37. The van der Waals surface area contributed by atoms with Gasteiger partial charge in [0, 0.05) is 16.5 Å². The molecule has 0 bridgehead atoms. The lowest BCUT2D eigenvalue weighted by Gasteiger charge is -2.20. The predicted molar refractivity (Wildman–Crippen MR) is 140 cm³/mol. The van der Waals surface area contributed by atoms with Gasteiger partial charge in [0.15, 0.2) is 6.17 Å². The van der Waals surface area contributed by atoms with Gasteiger partial charge in [-0.05, 0) is 43.0 Å². The molecule has 35 heavy (non-hydrogen) atoms. The molecular formula is C27H24N2O4S2. The molecule has 1 amide bonds. The summed E-state index contributed by atoms with van der Waals surface area (Å²) in [5, 5.41) is 10.0. The molecule has 1 unspecified atom stereocenters. The first-order valence-corrected chi connectivity index (χ1v) is 12.8. The molecule has 6 nitrogen and oxygen atoms in total. The lowest BCUT2D eigenvalue weighted by molar-refractivity contribution is 0.0528. The van der Waals surface area contributed by atoms with Crippen LogP contribution in [0, 0.1) is 6.92 Å². The van der Waals surface area contributed by atoms with Gasteiger partial charge >= 0.3 is 5.97 Å². The van der Waals surface area contributed by atoms with Crippen LogP contribution in [0.5, 0.6) is 0 Å². The van der Waals surface area contributed by atoms with Crippen molar-refractivity contribution in [1.82, 2.24) is 5.32 Å². The van der Waals surface area contributed by atoms with E-state index in [1.54, 1.807) is 48.7 Å². The summed E-state index contributed by atoms with van der Waals surface area (Å²) in [5.74, 6) is -1.20. The van der Waals surface area contributed by atoms with E-state index >= 15 is 0 Å². The number of nitrogens with one attached hydrogen (secondary N) is 2. The van der Waals surface area contributed by atoms with Crippen LogP contribution in [0.3, 0.4) is 0 Å². The smallest absolute Gasteiger partial charge is 0.341 e. The third-order valence-electron chi connectivity index (χ3n) is 5.25. The van der Waals surface area contributed by atoms with Crippen molar-refractivity contribution in [2.75, 3.05) is 11.9 Å². The van der Waals surface area contributed by atoms with Crippen LogP contribution in [0.25, 0.3) is 11.1 Å². The molecule has 2 N–H and O–H groups in total. The van der Waals surface area contributed by atoms with Gasteiger partial charge in [-0.3, -0.25) is 9.59 Å². The van der Waals surface area contributed by atoms with Gasteiger partial charge in [0.2, 0.25) is 5.78 Å². The Balaban J connectivity index is 1.71. The van der Waals surface area contributed by atoms with Crippen LogP contribution in [-0.2, 0) is 4.74 Å².